The summed E-state index contributed by atoms with van der Waals surface area (Å²) in [6, 6.07) is 5.99. The van der Waals surface area contributed by atoms with Crippen molar-refractivity contribution in [3.8, 4) is 0 Å². The smallest absolute Gasteiger partial charge is 0.142 e. The Morgan fingerprint density at radius 1 is 1.53 bits per heavy atom. The van der Waals surface area contributed by atoms with Gasteiger partial charge < -0.3 is 0 Å². The third-order valence-corrected chi connectivity index (χ3v) is 3.64. The van der Waals surface area contributed by atoms with Crippen LogP contribution in [0, 0.1) is 0 Å². The second-order valence-electron chi connectivity index (χ2n) is 2.45. The minimum absolute atomic E-state index is 0.639. The lowest BCUT2D eigenvalue weighted by Gasteiger charge is -1.96. The summed E-state index contributed by atoms with van der Waals surface area (Å²) in [5, 5.41) is 1.10. The van der Waals surface area contributed by atoms with Crippen LogP contribution in [0.2, 0.25) is 0 Å². The highest BCUT2D eigenvalue weighted by molar-refractivity contribution is 8.76. The first-order chi connectivity index (χ1) is 7.35. The molecule has 0 radical (unpaired) electrons. The lowest BCUT2D eigenvalue weighted by Crippen LogP contribution is -1.74. The zero-order valence-corrected chi connectivity index (χ0v) is 10.4. The molecule has 15 heavy (non-hydrogen) atoms. The minimum Gasteiger partial charge on any atom is -0.299 e. The standard InChI is InChI=1S/C8H11NS2.C3H4O/c1-2-7-10-11-8-5-3-4-6-9-8;1-2-3-4/h3-6H,2,7H2,1H3;2-3H,1H2. The van der Waals surface area contributed by atoms with E-state index in [2.05, 4.69) is 18.5 Å². The molecule has 2 nitrogen and oxygen atoms in total. The van der Waals surface area contributed by atoms with E-state index in [1.54, 1.807) is 10.8 Å². The highest BCUT2D eigenvalue weighted by atomic mass is 33.1. The Hall–Kier alpha value is -0.740. The molecule has 0 saturated heterocycles. The summed E-state index contributed by atoms with van der Waals surface area (Å²) >= 11 is 0. The molecule has 0 atom stereocenters. The Balaban J connectivity index is 0.000000423. The van der Waals surface area contributed by atoms with Crippen LogP contribution in [0.25, 0.3) is 0 Å². The summed E-state index contributed by atoms with van der Waals surface area (Å²) in [4.78, 5) is 13.2. The Kier molecular flexibility index (Phi) is 10.8. The first-order valence-electron chi connectivity index (χ1n) is 4.61. The number of aldehydes is 1. The first-order valence-corrected chi connectivity index (χ1v) is 6.93. The number of pyridine rings is 1. The van der Waals surface area contributed by atoms with Crippen molar-refractivity contribution in [3.05, 3.63) is 37.1 Å². The predicted octanol–water partition coefficient (Wildman–Crippen LogP) is 3.60. The van der Waals surface area contributed by atoms with Crippen molar-refractivity contribution in [1.82, 2.24) is 4.98 Å². The number of nitrogens with zero attached hydrogens (tertiary/aromatic N) is 1. The quantitative estimate of drug-likeness (QED) is 0.341. The number of rotatable bonds is 5. The SMILES string of the molecule is C=CC=O.CCCSSc1ccccn1. The summed E-state index contributed by atoms with van der Waals surface area (Å²) in [6.45, 7) is 5.30. The Labute approximate surface area is 99.0 Å². The molecule has 1 aromatic heterocycles. The normalized spacial score (nSPS) is 8.60. The van der Waals surface area contributed by atoms with Gasteiger partial charge in [-0.2, -0.15) is 0 Å². The zero-order valence-electron chi connectivity index (χ0n) is 8.76. The van der Waals surface area contributed by atoms with Crippen molar-refractivity contribution in [1.29, 1.82) is 0 Å². The third-order valence-electron chi connectivity index (χ3n) is 1.17. The van der Waals surface area contributed by atoms with E-state index in [1.165, 1.54) is 18.2 Å². The number of carbonyl (C=O) groups excluding carboxylic acids is 1. The van der Waals surface area contributed by atoms with E-state index in [1.807, 2.05) is 35.2 Å². The van der Waals surface area contributed by atoms with Gasteiger partial charge in [0.2, 0.25) is 0 Å². The fourth-order valence-corrected chi connectivity index (χ4v) is 2.60. The van der Waals surface area contributed by atoms with E-state index in [9.17, 15) is 0 Å². The molecular formula is C11H15NOS2. The Morgan fingerprint density at radius 3 is 2.73 bits per heavy atom. The van der Waals surface area contributed by atoms with Gasteiger partial charge in [-0.25, -0.2) is 4.98 Å². The van der Waals surface area contributed by atoms with Gasteiger partial charge in [0.25, 0.3) is 0 Å². The predicted molar refractivity (Wildman–Crippen MR) is 69.1 cm³/mol. The molecular weight excluding hydrogens is 226 g/mol. The van der Waals surface area contributed by atoms with Crippen LogP contribution in [0.1, 0.15) is 13.3 Å². The summed E-state index contributed by atoms with van der Waals surface area (Å²) in [7, 11) is 3.61. The van der Waals surface area contributed by atoms with Crippen LogP contribution in [-0.2, 0) is 4.79 Å². The minimum atomic E-state index is 0.639. The monoisotopic (exact) mass is 241 g/mol. The van der Waals surface area contributed by atoms with Crippen LogP contribution < -0.4 is 0 Å². The van der Waals surface area contributed by atoms with E-state index in [-0.39, 0.29) is 0 Å². The van der Waals surface area contributed by atoms with E-state index >= 15 is 0 Å². The molecule has 0 N–H and O–H groups in total. The summed E-state index contributed by atoms with van der Waals surface area (Å²) in [5.41, 5.74) is 0. The maximum absolute atomic E-state index is 9.06. The van der Waals surface area contributed by atoms with Crippen molar-refractivity contribution in [2.75, 3.05) is 5.75 Å². The molecule has 82 valence electrons. The largest absolute Gasteiger partial charge is 0.299 e. The molecule has 0 aliphatic carbocycles. The van der Waals surface area contributed by atoms with Gasteiger partial charge in [0.1, 0.15) is 11.3 Å². The lowest BCUT2D eigenvalue weighted by atomic mass is 10.5. The molecule has 1 heterocycles. The van der Waals surface area contributed by atoms with E-state index in [0.717, 1.165) is 5.03 Å². The molecule has 0 unspecified atom stereocenters. The van der Waals surface area contributed by atoms with Crippen LogP contribution in [0.3, 0.4) is 0 Å². The van der Waals surface area contributed by atoms with Gasteiger partial charge in [0.05, 0.1) is 0 Å². The molecule has 0 aromatic carbocycles. The molecule has 0 aliphatic heterocycles. The molecule has 0 fully saturated rings. The van der Waals surface area contributed by atoms with Gasteiger partial charge in [-0.05, 0) is 35.4 Å². The van der Waals surface area contributed by atoms with Gasteiger partial charge >= 0.3 is 0 Å². The average Bonchev–Trinajstić information content (AvgIpc) is 2.31. The molecule has 0 amide bonds. The third kappa shape index (κ3) is 9.56. The van der Waals surface area contributed by atoms with Crippen LogP contribution >= 0.6 is 21.6 Å². The van der Waals surface area contributed by atoms with Crippen molar-refractivity contribution in [2.24, 2.45) is 0 Å². The number of hydrogen-bond donors (Lipinski definition) is 0. The molecule has 0 bridgehead atoms. The van der Waals surface area contributed by atoms with Crippen molar-refractivity contribution >= 4 is 27.9 Å². The van der Waals surface area contributed by atoms with Crippen molar-refractivity contribution in [3.63, 3.8) is 0 Å². The van der Waals surface area contributed by atoms with Gasteiger partial charge in [-0.15, -0.1) is 0 Å². The Bertz CT molecular complexity index is 259. The summed E-state index contributed by atoms with van der Waals surface area (Å²) < 4.78 is 0. The molecule has 0 aliphatic rings. The van der Waals surface area contributed by atoms with Crippen molar-refractivity contribution in [2.45, 2.75) is 18.4 Å². The van der Waals surface area contributed by atoms with E-state index < -0.39 is 0 Å². The fourth-order valence-electron chi connectivity index (χ4n) is 0.582. The van der Waals surface area contributed by atoms with Gasteiger partial charge in [0, 0.05) is 11.9 Å². The van der Waals surface area contributed by atoms with Crippen LogP contribution in [0.15, 0.2) is 42.1 Å². The molecule has 0 spiro atoms. The lowest BCUT2D eigenvalue weighted by molar-refractivity contribution is -0.104. The molecule has 4 heteroatoms. The van der Waals surface area contributed by atoms with E-state index in [0.29, 0.717) is 6.29 Å². The fraction of sp³-hybridized carbons (Fsp3) is 0.273. The van der Waals surface area contributed by atoms with Gasteiger partial charge in [-0.1, -0.05) is 30.4 Å². The van der Waals surface area contributed by atoms with Gasteiger partial charge in [-0.3, -0.25) is 4.79 Å². The number of allylic oxidation sites excluding steroid dienone is 1. The second-order valence-corrected chi connectivity index (χ2v) is 4.88. The highest BCUT2D eigenvalue weighted by Crippen LogP contribution is 2.28. The maximum atomic E-state index is 9.06. The number of hydrogen-bond acceptors (Lipinski definition) is 4. The topological polar surface area (TPSA) is 30.0 Å². The zero-order chi connectivity index (χ0) is 11.4. The molecule has 1 rings (SSSR count). The van der Waals surface area contributed by atoms with Crippen LogP contribution in [0.5, 0.6) is 0 Å². The van der Waals surface area contributed by atoms with Crippen molar-refractivity contribution < 1.29 is 4.79 Å². The highest BCUT2D eigenvalue weighted by Gasteiger charge is 1.91. The van der Waals surface area contributed by atoms with E-state index in [4.69, 9.17) is 4.79 Å². The molecule has 1 aromatic rings. The maximum Gasteiger partial charge on any atom is 0.142 e. The summed E-state index contributed by atoms with van der Waals surface area (Å²) in [5.74, 6) is 1.20. The average molecular weight is 241 g/mol. The van der Waals surface area contributed by atoms with Crippen LogP contribution in [0.4, 0.5) is 0 Å². The van der Waals surface area contributed by atoms with Crippen LogP contribution in [-0.4, -0.2) is 17.0 Å². The second kappa shape index (κ2) is 11.3. The molecule has 0 saturated carbocycles. The van der Waals surface area contributed by atoms with Gasteiger partial charge in [0.15, 0.2) is 0 Å². The Morgan fingerprint density at radius 2 is 2.27 bits per heavy atom. The summed E-state index contributed by atoms with van der Waals surface area (Å²) in [6.07, 6.45) is 4.89. The first kappa shape index (κ1) is 14.3. The number of aromatic nitrogens is 1. The number of carbonyl (C=O) groups is 1.